The van der Waals surface area contributed by atoms with Crippen LogP contribution >= 0.6 is 0 Å². The molecule has 0 amide bonds. The molecular weight excluding hydrogens is 210 g/mol. The van der Waals surface area contributed by atoms with E-state index in [1.54, 1.807) is 0 Å². The molecule has 2 nitrogen and oxygen atoms in total. The highest BCUT2D eigenvalue weighted by molar-refractivity contribution is 5.96. The summed E-state index contributed by atoms with van der Waals surface area (Å²) in [5.74, 6) is 1.10. The van der Waals surface area contributed by atoms with Gasteiger partial charge in [0.15, 0.2) is 5.78 Å². The van der Waals surface area contributed by atoms with E-state index in [0.29, 0.717) is 18.9 Å². The van der Waals surface area contributed by atoms with Gasteiger partial charge in [0.25, 0.3) is 0 Å². The van der Waals surface area contributed by atoms with Crippen LogP contribution in [0.2, 0.25) is 0 Å². The average Bonchev–Trinajstić information content (AvgIpc) is 2.28. The maximum Gasteiger partial charge on any atom is 0.163 e. The van der Waals surface area contributed by atoms with Crippen molar-refractivity contribution in [2.45, 2.75) is 33.6 Å². The van der Waals surface area contributed by atoms with Gasteiger partial charge < -0.3 is 5.73 Å². The monoisotopic (exact) mass is 233 g/mol. The average molecular weight is 233 g/mol. The maximum atomic E-state index is 11.9. The van der Waals surface area contributed by atoms with Gasteiger partial charge in [0.1, 0.15) is 0 Å². The lowest BCUT2D eigenvalue weighted by molar-refractivity contribution is 0.0966. The van der Waals surface area contributed by atoms with E-state index < -0.39 is 0 Å². The van der Waals surface area contributed by atoms with Gasteiger partial charge in [-0.05, 0) is 30.4 Å². The van der Waals surface area contributed by atoms with Crippen molar-refractivity contribution in [3.63, 3.8) is 0 Å². The summed E-state index contributed by atoms with van der Waals surface area (Å²) in [5.41, 5.74) is 7.62. The topological polar surface area (TPSA) is 43.1 Å². The van der Waals surface area contributed by atoms with Crippen molar-refractivity contribution >= 4 is 5.78 Å². The fourth-order valence-electron chi connectivity index (χ4n) is 1.82. The Kier molecular flexibility index (Phi) is 5.36. The molecule has 0 aliphatic heterocycles. The van der Waals surface area contributed by atoms with E-state index in [4.69, 9.17) is 5.73 Å². The van der Waals surface area contributed by atoms with Gasteiger partial charge in [0.05, 0.1) is 0 Å². The molecule has 0 aliphatic carbocycles. The number of hydrogen-bond donors (Lipinski definition) is 1. The molecular formula is C15H23NO. The molecule has 1 aromatic rings. The van der Waals surface area contributed by atoms with Crippen molar-refractivity contribution in [2.24, 2.45) is 17.6 Å². The summed E-state index contributed by atoms with van der Waals surface area (Å²) >= 11 is 0. The zero-order valence-electron chi connectivity index (χ0n) is 11.1. The van der Waals surface area contributed by atoms with Crippen LogP contribution in [0.25, 0.3) is 0 Å². The maximum absolute atomic E-state index is 11.9. The Morgan fingerprint density at radius 3 is 2.24 bits per heavy atom. The third-order valence-corrected chi connectivity index (χ3v) is 2.86. The van der Waals surface area contributed by atoms with Crippen molar-refractivity contribution in [1.29, 1.82) is 0 Å². The largest absolute Gasteiger partial charge is 0.330 e. The first-order chi connectivity index (χ1) is 8.02. The first kappa shape index (κ1) is 13.9. The molecule has 0 heterocycles. The van der Waals surface area contributed by atoms with Crippen molar-refractivity contribution in [3.05, 3.63) is 35.4 Å². The van der Waals surface area contributed by atoms with Crippen molar-refractivity contribution in [3.8, 4) is 0 Å². The Morgan fingerprint density at radius 2 is 1.76 bits per heavy atom. The van der Waals surface area contributed by atoms with Gasteiger partial charge in [-0.15, -0.1) is 0 Å². The molecule has 0 aromatic heterocycles. The number of Topliss-reactive ketones (excluding diaryl/α,β-unsaturated/α-hetero) is 1. The minimum Gasteiger partial charge on any atom is -0.330 e. The SMILES string of the molecule is CC(C)Cc1ccc(C(=O)CC(C)CN)cc1. The summed E-state index contributed by atoms with van der Waals surface area (Å²) < 4.78 is 0. The molecule has 1 aromatic carbocycles. The summed E-state index contributed by atoms with van der Waals surface area (Å²) in [7, 11) is 0. The Balaban J connectivity index is 2.64. The lowest BCUT2D eigenvalue weighted by atomic mass is 9.97. The molecule has 0 bridgehead atoms. The zero-order valence-corrected chi connectivity index (χ0v) is 11.1. The standard InChI is InChI=1S/C15H23NO/c1-11(2)8-13-4-6-14(7-5-13)15(17)9-12(3)10-16/h4-7,11-12H,8-10,16H2,1-3H3. The molecule has 1 unspecified atom stereocenters. The van der Waals surface area contributed by atoms with Crippen LogP contribution in [0.5, 0.6) is 0 Å². The minimum atomic E-state index is 0.194. The van der Waals surface area contributed by atoms with Crippen molar-refractivity contribution in [1.82, 2.24) is 0 Å². The molecule has 1 rings (SSSR count). The first-order valence-electron chi connectivity index (χ1n) is 6.35. The van der Waals surface area contributed by atoms with E-state index in [1.807, 2.05) is 19.1 Å². The van der Waals surface area contributed by atoms with Crippen LogP contribution in [0.1, 0.15) is 43.1 Å². The summed E-state index contributed by atoms with van der Waals surface area (Å²) in [6.07, 6.45) is 1.60. The molecule has 2 N–H and O–H groups in total. The summed E-state index contributed by atoms with van der Waals surface area (Å²) in [4.78, 5) is 11.9. The van der Waals surface area contributed by atoms with E-state index in [9.17, 15) is 4.79 Å². The highest BCUT2D eigenvalue weighted by atomic mass is 16.1. The highest BCUT2D eigenvalue weighted by Gasteiger charge is 2.10. The molecule has 17 heavy (non-hydrogen) atoms. The van der Waals surface area contributed by atoms with Gasteiger partial charge in [-0.3, -0.25) is 4.79 Å². The van der Waals surface area contributed by atoms with Crippen LogP contribution in [-0.4, -0.2) is 12.3 Å². The van der Waals surface area contributed by atoms with Crippen LogP contribution in [0.4, 0.5) is 0 Å². The number of rotatable bonds is 6. The number of carbonyl (C=O) groups is 1. The molecule has 0 spiro atoms. The lowest BCUT2D eigenvalue weighted by Gasteiger charge is -2.08. The van der Waals surface area contributed by atoms with Gasteiger partial charge in [-0.25, -0.2) is 0 Å². The minimum absolute atomic E-state index is 0.194. The second-order valence-electron chi connectivity index (χ2n) is 5.26. The van der Waals surface area contributed by atoms with E-state index in [0.717, 1.165) is 12.0 Å². The van der Waals surface area contributed by atoms with Crippen LogP contribution in [-0.2, 0) is 6.42 Å². The number of nitrogens with two attached hydrogens (primary N) is 1. The number of benzene rings is 1. The van der Waals surface area contributed by atoms with Gasteiger partial charge in [0, 0.05) is 12.0 Å². The smallest absolute Gasteiger partial charge is 0.163 e. The first-order valence-corrected chi connectivity index (χ1v) is 6.35. The number of hydrogen-bond acceptors (Lipinski definition) is 2. The fourth-order valence-corrected chi connectivity index (χ4v) is 1.82. The number of ketones is 1. The van der Waals surface area contributed by atoms with Gasteiger partial charge >= 0.3 is 0 Å². The van der Waals surface area contributed by atoms with Crippen LogP contribution in [0.3, 0.4) is 0 Å². The Labute approximate surface area is 104 Å². The predicted octanol–water partition coefficient (Wildman–Crippen LogP) is 3.05. The van der Waals surface area contributed by atoms with Crippen LogP contribution < -0.4 is 5.73 Å². The Hall–Kier alpha value is -1.15. The molecule has 1 atom stereocenters. The van der Waals surface area contributed by atoms with Gasteiger partial charge in [-0.1, -0.05) is 45.0 Å². The Morgan fingerprint density at radius 1 is 1.18 bits per heavy atom. The molecule has 0 saturated heterocycles. The second kappa shape index (κ2) is 6.55. The molecule has 0 saturated carbocycles. The quantitative estimate of drug-likeness (QED) is 0.767. The highest BCUT2D eigenvalue weighted by Crippen LogP contribution is 2.13. The van der Waals surface area contributed by atoms with Crippen LogP contribution in [0.15, 0.2) is 24.3 Å². The molecule has 2 heteroatoms. The predicted molar refractivity (Wildman–Crippen MR) is 72.1 cm³/mol. The van der Waals surface area contributed by atoms with Gasteiger partial charge in [-0.2, -0.15) is 0 Å². The van der Waals surface area contributed by atoms with Crippen LogP contribution in [0, 0.1) is 11.8 Å². The third kappa shape index (κ3) is 4.70. The lowest BCUT2D eigenvalue weighted by Crippen LogP contribution is -2.15. The van der Waals surface area contributed by atoms with Gasteiger partial charge in [0.2, 0.25) is 0 Å². The second-order valence-corrected chi connectivity index (χ2v) is 5.26. The molecule has 0 radical (unpaired) electrons. The summed E-state index contributed by atoms with van der Waals surface area (Å²) in [6.45, 7) is 6.96. The molecule has 0 fully saturated rings. The molecule has 0 aliphatic rings. The number of carbonyl (C=O) groups excluding carboxylic acids is 1. The fraction of sp³-hybridized carbons (Fsp3) is 0.533. The van der Waals surface area contributed by atoms with Crippen molar-refractivity contribution < 1.29 is 4.79 Å². The normalized spacial score (nSPS) is 12.8. The molecule has 94 valence electrons. The third-order valence-electron chi connectivity index (χ3n) is 2.86. The zero-order chi connectivity index (χ0) is 12.8. The van der Waals surface area contributed by atoms with Crippen molar-refractivity contribution in [2.75, 3.05) is 6.54 Å². The van der Waals surface area contributed by atoms with E-state index in [2.05, 4.69) is 26.0 Å². The summed E-state index contributed by atoms with van der Waals surface area (Å²) in [6, 6.07) is 7.98. The van der Waals surface area contributed by atoms with E-state index in [-0.39, 0.29) is 11.7 Å². The Bertz CT molecular complexity index is 354. The van der Waals surface area contributed by atoms with E-state index >= 15 is 0 Å². The summed E-state index contributed by atoms with van der Waals surface area (Å²) in [5, 5.41) is 0. The van der Waals surface area contributed by atoms with E-state index in [1.165, 1.54) is 5.56 Å².